The van der Waals surface area contributed by atoms with E-state index in [-0.39, 0.29) is 10.6 Å². The SMILES string of the molecule is N#CC1(C(=O)Nc2ccccc2S(N)(=O)=O)CCCC1. The van der Waals surface area contributed by atoms with Gasteiger partial charge in [0.1, 0.15) is 10.3 Å². The number of rotatable bonds is 3. The highest BCUT2D eigenvalue weighted by Crippen LogP contribution is 2.38. The van der Waals surface area contributed by atoms with Crippen LogP contribution >= 0.6 is 0 Å². The minimum Gasteiger partial charge on any atom is -0.323 e. The van der Waals surface area contributed by atoms with Crippen LogP contribution in [0.3, 0.4) is 0 Å². The molecule has 0 unspecified atom stereocenters. The lowest BCUT2D eigenvalue weighted by atomic mass is 9.87. The number of nitrogens with two attached hydrogens (primary N) is 1. The van der Waals surface area contributed by atoms with Crippen LogP contribution in [0.1, 0.15) is 25.7 Å². The van der Waals surface area contributed by atoms with Crippen LogP contribution in [-0.2, 0) is 14.8 Å². The molecule has 1 aromatic carbocycles. The van der Waals surface area contributed by atoms with E-state index in [0.29, 0.717) is 12.8 Å². The van der Waals surface area contributed by atoms with Crippen LogP contribution < -0.4 is 10.5 Å². The van der Waals surface area contributed by atoms with Crippen molar-refractivity contribution >= 4 is 21.6 Å². The normalized spacial score (nSPS) is 17.4. The Balaban J connectivity index is 2.32. The first-order valence-electron chi connectivity index (χ1n) is 6.24. The number of carbonyl (C=O) groups excluding carboxylic acids is 1. The lowest BCUT2D eigenvalue weighted by Gasteiger charge is -2.20. The topological polar surface area (TPSA) is 113 Å². The van der Waals surface area contributed by atoms with Gasteiger partial charge < -0.3 is 5.32 Å². The quantitative estimate of drug-likeness (QED) is 0.875. The molecule has 7 heteroatoms. The van der Waals surface area contributed by atoms with Crippen LogP contribution in [0.5, 0.6) is 0 Å². The molecule has 1 saturated carbocycles. The first kappa shape index (κ1) is 14.5. The summed E-state index contributed by atoms with van der Waals surface area (Å²) in [5.41, 5.74) is -0.951. The van der Waals surface area contributed by atoms with E-state index < -0.39 is 21.3 Å². The van der Waals surface area contributed by atoms with Crippen LogP contribution in [0.4, 0.5) is 5.69 Å². The van der Waals surface area contributed by atoms with Crippen molar-refractivity contribution in [3.63, 3.8) is 0 Å². The van der Waals surface area contributed by atoms with Crippen molar-refractivity contribution in [3.05, 3.63) is 24.3 Å². The van der Waals surface area contributed by atoms with Gasteiger partial charge in [0.25, 0.3) is 0 Å². The second kappa shape index (κ2) is 5.23. The smallest absolute Gasteiger partial charge is 0.244 e. The predicted molar refractivity (Wildman–Crippen MR) is 73.0 cm³/mol. The van der Waals surface area contributed by atoms with Gasteiger partial charge in [-0.2, -0.15) is 5.26 Å². The van der Waals surface area contributed by atoms with Gasteiger partial charge in [-0.05, 0) is 25.0 Å². The highest BCUT2D eigenvalue weighted by atomic mass is 32.2. The van der Waals surface area contributed by atoms with E-state index in [9.17, 15) is 18.5 Å². The van der Waals surface area contributed by atoms with Crippen molar-refractivity contribution in [1.29, 1.82) is 5.26 Å². The Kier molecular flexibility index (Phi) is 3.79. The number of primary sulfonamides is 1. The number of para-hydroxylation sites is 1. The summed E-state index contributed by atoms with van der Waals surface area (Å²) in [6.45, 7) is 0. The van der Waals surface area contributed by atoms with E-state index in [1.165, 1.54) is 18.2 Å². The molecule has 0 heterocycles. The predicted octanol–water partition coefficient (Wildman–Crippen LogP) is 1.36. The summed E-state index contributed by atoms with van der Waals surface area (Å²) in [5, 5.41) is 16.9. The summed E-state index contributed by atoms with van der Waals surface area (Å²) in [6, 6.07) is 7.95. The van der Waals surface area contributed by atoms with E-state index in [0.717, 1.165) is 12.8 Å². The highest BCUT2D eigenvalue weighted by molar-refractivity contribution is 7.89. The number of amides is 1. The third kappa shape index (κ3) is 2.66. The minimum atomic E-state index is -3.93. The summed E-state index contributed by atoms with van der Waals surface area (Å²) in [7, 11) is -3.93. The second-order valence-electron chi connectivity index (χ2n) is 4.90. The number of hydrogen-bond donors (Lipinski definition) is 2. The molecule has 1 aromatic rings. The average Bonchev–Trinajstić information content (AvgIpc) is 2.88. The first-order chi connectivity index (χ1) is 9.39. The highest BCUT2D eigenvalue weighted by Gasteiger charge is 2.41. The van der Waals surface area contributed by atoms with E-state index in [4.69, 9.17) is 5.14 Å². The molecular weight excluding hydrogens is 278 g/mol. The number of anilines is 1. The molecule has 106 valence electrons. The maximum Gasteiger partial charge on any atom is 0.244 e. The summed E-state index contributed by atoms with van der Waals surface area (Å²) in [5.74, 6) is -0.464. The number of sulfonamides is 1. The lowest BCUT2D eigenvalue weighted by Crippen LogP contribution is -2.33. The first-order valence-corrected chi connectivity index (χ1v) is 7.78. The number of hydrogen-bond acceptors (Lipinski definition) is 4. The molecule has 1 amide bonds. The third-order valence-electron chi connectivity index (χ3n) is 3.55. The van der Waals surface area contributed by atoms with Crippen LogP contribution in [0.2, 0.25) is 0 Å². The largest absolute Gasteiger partial charge is 0.323 e. The Bertz CT molecular complexity index is 670. The Morgan fingerprint density at radius 3 is 2.45 bits per heavy atom. The van der Waals surface area contributed by atoms with E-state index in [1.54, 1.807) is 6.07 Å². The molecule has 0 aliphatic heterocycles. The molecule has 6 nitrogen and oxygen atoms in total. The van der Waals surface area contributed by atoms with Gasteiger partial charge in [-0.25, -0.2) is 13.6 Å². The number of carbonyl (C=O) groups is 1. The second-order valence-corrected chi connectivity index (χ2v) is 6.43. The fourth-order valence-electron chi connectivity index (χ4n) is 2.43. The molecule has 1 fully saturated rings. The number of nitrogens with one attached hydrogen (secondary N) is 1. The van der Waals surface area contributed by atoms with Crippen molar-refractivity contribution in [1.82, 2.24) is 0 Å². The maximum absolute atomic E-state index is 12.3. The number of benzene rings is 1. The Labute approximate surface area is 117 Å². The molecule has 0 radical (unpaired) electrons. The number of nitrogens with zero attached hydrogens (tertiary/aromatic N) is 1. The zero-order valence-corrected chi connectivity index (χ0v) is 11.6. The van der Waals surface area contributed by atoms with Gasteiger partial charge in [-0.15, -0.1) is 0 Å². The summed E-state index contributed by atoms with van der Waals surface area (Å²) < 4.78 is 22.9. The van der Waals surface area contributed by atoms with Gasteiger partial charge in [0, 0.05) is 0 Å². The Morgan fingerprint density at radius 1 is 1.30 bits per heavy atom. The van der Waals surface area contributed by atoms with Crippen molar-refractivity contribution in [2.75, 3.05) is 5.32 Å². The molecule has 0 bridgehead atoms. The molecule has 1 aliphatic carbocycles. The minimum absolute atomic E-state index is 0.113. The fourth-order valence-corrected chi connectivity index (χ4v) is 3.12. The zero-order valence-electron chi connectivity index (χ0n) is 10.8. The van der Waals surface area contributed by atoms with Gasteiger partial charge in [0.05, 0.1) is 11.8 Å². The lowest BCUT2D eigenvalue weighted by molar-refractivity contribution is -0.122. The maximum atomic E-state index is 12.3. The molecule has 0 spiro atoms. The molecule has 20 heavy (non-hydrogen) atoms. The number of nitriles is 1. The van der Waals surface area contributed by atoms with Crippen molar-refractivity contribution in [2.24, 2.45) is 10.6 Å². The van der Waals surface area contributed by atoms with Crippen LogP contribution in [-0.4, -0.2) is 14.3 Å². The van der Waals surface area contributed by atoms with Gasteiger partial charge in [-0.3, -0.25) is 4.79 Å². The molecule has 0 saturated heterocycles. The van der Waals surface area contributed by atoms with Crippen molar-refractivity contribution < 1.29 is 13.2 Å². The summed E-state index contributed by atoms with van der Waals surface area (Å²) >= 11 is 0. The van der Waals surface area contributed by atoms with Crippen LogP contribution in [0, 0.1) is 16.7 Å². The molecule has 0 aromatic heterocycles. The third-order valence-corrected chi connectivity index (χ3v) is 4.52. The molecule has 2 rings (SSSR count). The van der Waals surface area contributed by atoms with E-state index in [1.807, 2.05) is 0 Å². The van der Waals surface area contributed by atoms with E-state index in [2.05, 4.69) is 11.4 Å². The van der Waals surface area contributed by atoms with Crippen LogP contribution in [0.25, 0.3) is 0 Å². The zero-order chi connectivity index (χ0) is 14.8. The van der Waals surface area contributed by atoms with Crippen molar-refractivity contribution in [3.8, 4) is 6.07 Å². The van der Waals surface area contributed by atoms with Gasteiger partial charge in [0.15, 0.2) is 0 Å². The summed E-state index contributed by atoms with van der Waals surface area (Å²) in [6.07, 6.45) is 2.62. The standard InChI is InChI=1S/C13H15N3O3S/c14-9-13(7-3-4-8-13)12(17)16-10-5-1-2-6-11(10)20(15,18)19/h1-2,5-6H,3-4,7-8H2,(H,16,17)(H2,15,18,19). The molecule has 1 aliphatic rings. The van der Waals surface area contributed by atoms with Crippen molar-refractivity contribution in [2.45, 2.75) is 30.6 Å². The molecule has 0 atom stereocenters. The Morgan fingerprint density at radius 2 is 1.90 bits per heavy atom. The van der Waals surface area contributed by atoms with Crippen LogP contribution in [0.15, 0.2) is 29.2 Å². The molecule has 3 N–H and O–H groups in total. The Hall–Kier alpha value is -1.91. The van der Waals surface area contributed by atoms with Gasteiger partial charge >= 0.3 is 0 Å². The summed E-state index contributed by atoms with van der Waals surface area (Å²) in [4.78, 5) is 12.1. The van der Waals surface area contributed by atoms with Gasteiger partial charge in [0.2, 0.25) is 15.9 Å². The molecular formula is C13H15N3O3S. The monoisotopic (exact) mass is 293 g/mol. The fraction of sp³-hybridized carbons (Fsp3) is 0.385. The van der Waals surface area contributed by atoms with Gasteiger partial charge in [-0.1, -0.05) is 25.0 Å². The van der Waals surface area contributed by atoms with E-state index >= 15 is 0 Å². The average molecular weight is 293 g/mol.